The molecule has 1 aliphatic carbocycles. The number of sulfone groups is 1. The molecule has 4 nitrogen and oxygen atoms in total. The fourth-order valence-corrected chi connectivity index (χ4v) is 7.01. The number of hydrogen-bond acceptors (Lipinski definition) is 4. The molecule has 0 bridgehead atoms. The second-order valence-corrected chi connectivity index (χ2v) is 9.90. The zero-order valence-electron chi connectivity index (χ0n) is 14.9. The molecule has 0 aromatic heterocycles. The molecule has 0 N–H and O–H groups in total. The van der Waals surface area contributed by atoms with E-state index >= 15 is 0 Å². The molecule has 4 rings (SSSR count). The zero-order chi connectivity index (χ0) is 20.3. The van der Waals surface area contributed by atoms with E-state index in [0.29, 0.717) is 5.02 Å². The van der Waals surface area contributed by atoms with Gasteiger partial charge in [0.15, 0.2) is 21.4 Å². The molecule has 2 aromatic rings. The summed E-state index contributed by atoms with van der Waals surface area (Å²) in [6.45, 7) is 1.43. The van der Waals surface area contributed by atoms with Gasteiger partial charge in [-0.25, -0.2) is 17.2 Å². The van der Waals surface area contributed by atoms with Crippen LogP contribution in [0.4, 0.5) is 8.78 Å². The van der Waals surface area contributed by atoms with Gasteiger partial charge >= 0.3 is 0 Å². The van der Waals surface area contributed by atoms with Crippen LogP contribution in [0.1, 0.15) is 25.3 Å². The van der Waals surface area contributed by atoms with Gasteiger partial charge in [0.1, 0.15) is 16.3 Å². The Balaban J connectivity index is 2.06. The lowest BCUT2D eigenvalue weighted by Gasteiger charge is -2.49. The first kappa shape index (κ1) is 19.3. The first-order valence-electron chi connectivity index (χ1n) is 8.84. The predicted molar refractivity (Wildman–Crippen MR) is 99.1 cm³/mol. The third kappa shape index (κ3) is 2.52. The van der Waals surface area contributed by atoms with Crippen molar-refractivity contribution >= 4 is 27.2 Å². The van der Waals surface area contributed by atoms with Crippen LogP contribution in [-0.4, -0.2) is 20.8 Å². The molecular formula is C20H17ClF2O4S. The van der Waals surface area contributed by atoms with Crippen LogP contribution in [0.3, 0.4) is 0 Å². The Kier molecular flexibility index (Phi) is 4.50. The molecule has 0 saturated heterocycles. The predicted octanol–water partition coefficient (Wildman–Crippen LogP) is 4.30. The van der Waals surface area contributed by atoms with E-state index in [9.17, 15) is 22.0 Å². The van der Waals surface area contributed by atoms with Crippen molar-refractivity contribution in [1.29, 1.82) is 0 Å². The molecule has 28 heavy (non-hydrogen) atoms. The van der Waals surface area contributed by atoms with Gasteiger partial charge in [0.25, 0.3) is 0 Å². The van der Waals surface area contributed by atoms with Gasteiger partial charge in [0.2, 0.25) is 0 Å². The fraction of sp³-hybridized carbons (Fsp3) is 0.350. The van der Waals surface area contributed by atoms with E-state index in [1.165, 1.54) is 24.3 Å². The van der Waals surface area contributed by atoms with Crippen molar-refractivity contribution in [3.8, 4) is 5.75 Å². The van der Waals surface area contributed by atoms with Crippen LogP contribution in [0.15, 0.2) is 41.3 Å². The van der Waals surface area contributed by atoms with E-state index in [1.54, 1.807) is 6.92 Å². The zero-order valence-corrected chi connectivity index (χ0v) is 16.5. The van der Waals surface area contributed by atoms with Crippen LogP contribution < -0.4 is 4.74 Å². The number of carbonyl (C=O) groups is 1. The lowest BCUT2D eigenvalue weighted by molar-refractivity contribution is -0.128. The minimum atomic E-state index is -4.21. The van der Waals surface area contributed by atoms with Crippen molar-refractivity contribution in [2.24, 2.45) is 11.8 Å². The summed E-state index contributed by atoms with van der Waals surface area (Å²) in [5, 5.41) is 0.352. The average Bonchev–Trinajstić information content (AvgIpc) is 2.67. The number of carbonyl (C=O) groups excluding carboxylic acids is 1. The Hall–Kier alpha value is -1.99. The van der Waals surface area contributed by atoms with Crippen LogP contribution in [0.2, 0.25) is 5.02 Å². The average molecular weight is 427 g/mol. The summed E-state index contributed by atoms with van der Waals surface area (Å²) in [6, 6.07) is 7.36. The first-order chi connectivity index (χ1) is 13.2. The van der Waals surface area contributed by atoms with E-state index in [2.05, 4.69) is 0 Å². The summed E-state index contributed by atoms with van der Waals surface area (Å²) >= 11 is 5.88. The SMILES string of the molecule is CC1C(=O)CCC2(S(=O)(=O)c3ccc(Cl)cc3)c3c(F)ccc(F)c3OCC12. The van der Waals surface area contributed by atoms with Crippen LogP contribution in [0.25, 0.3) is 0 Å². The first-order valence-corrected chi connectivity index (χ1v) is 10.7. The number of halogens is 3. The van der Waals surface area contributed by atoms with E-state index in [4.69, 9.17) is 16.3 Å². The summed E-state index contributed by atoms with van der Waals surface area (Å²) < 4.78 is 60.7. The van der Waals surface area contributed by atoms with Gasteiger partial charge in [-0.15, -0.1) is 0 Å². The van der Waals surface area contributed by atoms with Crippen molar-refractivity contribution in [1.82, 2.24) is 0 Å². The summed E-state index contributed by atoms with van der Waals surface area (Å²) in [5.74, 6) is -3.71. The topological polar surface area (TPSA) is 60.4 Å². The van der Waals surface area contributed by atoms with Crippen molar-refractivity contribution in [3.63, 3.8) is 0 Å². The minimum Gasteiger partial charge on any atom is -0.490 e. The lowest BCUT2D eigenvalue weighted by Crippen LogP contribution is -2.55. The lowest BCUT2D eigenvalue weighted by atomic mass is 9.67. The van der Waals surface area contributed by atoms with E-state index in [0.717, 1.165) is 12.1 Å². The van der Waals surface area contributed by atoms with Crippen molar-refractivity contribution in [2.45, 2.75) is 29.4 Å². The number of fused-ring (bicyclic) bond motifs is 3. The third-order valence-electron chi connectivity index (χ3n) is 5.95. The number of benzene rings is 2. The largest absolute Gasteiger partial charge is 0.490 e. The number of ketones is 1. The monoisotopic (exact) mass is 426 g/mol. The second kappa shape index (κ2) is 6.52. The molecule has 2 aliphatic rings. The second-order valence-electron chi connectivity index (χ2n) is 7.25. The Morgan fingerprint density at radius 3 is 2.43 bits per heavy atom. The fourth-order valence-electron chi connectivity index (χ4n) is 4.47. The number of ether oxygens (including phenoxy) is 1. The summed E-state index contributed by atoms with van der Waals surface area (Å²) in [7, 11) is -4.21. The minimum absolute atomic E-state index is 0.0418. The molecule has 0 amide bonds. The maximum Gasteiger partial charge on any atom is 0.188 e. The van der Waals surface area contributed by atoms with Gasteiger partial charge in [0, 0.05) is 23.3 Å². The molecule has 148 valence electrons. The molecule has 1 aliphatic heterocycles. The van der Waals surface area contributed by atoms with Crippen LogP contribution in [0.5, 0.6) is 5.75 Å². The van der Waals surface area contributed by atoms with Gasteiger partial charge in [-0.1, -0.05) is 18.5 Å². The highest BCUT2D eigenvalue weighted by atomic mass is 35.5. The summed E-state index contributed by atoms with van der Waals surface area (Å²) in [5.41, 5.74) is -0.321. The highest BCUT2D eigenvalue weighted by Crippen LogP contribution is 2.57. The standard InChI is InChI=1S/C20H17ClF2O4S/c1-11-14-10-27-19-16(23)7-6-15(22)18(19)20(14,9-8-17(11)24)28(25,26)13-4-2-12(21)3-5-13/h2-7,11,14H,8-10H2,1H3. The maximum absolute atomic E-state index is 15.0. The Morgan fingerprint density at radius 2 is 1.75 bits per heavy atom. The quantitative estimate of drug-likeness (QED) is 0.718. The molecule has 0 spiro atoms. The number of hydrogen-bond donors (Lipinski definition) is 0. The normalized spacial score (nSPS) is 26.9. The molecular weight excluding hydrogens is 410 g/mol. The molecule has 1 saturated carbocycles. The van der Waals surface area contributed by atoms with E-state index in [-0.39, 0.29) is 35.7 Å². The smallest absolute Gasteiger partial charge is 0.188 e. The number of rotatable bonds is 2. The van der Waals surface area contributed by atoms with Crippen molar-refractivity contribution < 1.29 is 26.7 Å². The third-order valence-corrected chi connectivity index (χ3v) is 8.76. The van der Waals surface area contributed by atoms with Gasteiger partial charge in [0.05, 0.1) is 17.1 Å². The summed E-state index contributed by atoms with van der Waals surface area (Å²) in [4.78, 5) is 12.3. The summed E-state index contributed by atoms with van der Waals surface area (Å²) in [6.07, 6.45) is -0.178. The van der Waals surface area contributed by atoms with Crippen molar-refractivity contribution in [2.75, 3.05) is 6.61 Å². The molecule has 8 heteroatoms. The molecule has 3 atom stereocenters. The molecule has 3 unspecified atom stereocenters. The van der Waals surface area contributed by atoms with Crippen molar-refractivity contribution in [3.05, 3.63) is 58.6 Å². The highest BCUT2D eigenvalue weighted by Gasteiger charge is 2.61. The Labute approximate surface area is 166 Å². The molecule has 1 fully saturated rings. The molecule has 1 heterocycles. The molecule has 2 aromatic carbocycles. The Bertz CT molecular complexity index is 1070. The molecule has 0 radical (unpaired) electrons. The maximum atomic E-state index is 15.0. The van der Waals surface area contributed by atoms with Crippen LogP contribution in [-0.2, 0) is 19.4 Å². The number of Topliss-reactive ketones (excluding diaryl/α,β-unsaturated/α-hetero) is 1. The van der Waals surface area contributed by atoms with Gasteiger partial charge in [-0.3, -0.25) is 4.79 Å². The Morgan fingerprint density at radius 1 is 1.11 bits per heavy atom. The van der Waals surface area contributed by atoms with Gasteiger partial charge < -0.3 is 4.74 Å². The van der Waals surface area contributed by atoms with E-state index in [1.807, 2.05) is 0 Å². The highest BCUT2D eigenvalue weighted by molar-refractivity contribution is 7.92. The van der Waals surface area contributed by atoms with Gasteiger partial charge in [-0.2, -0.15) is 0 Å². The van der Waals surface area contributed by atoms with Crippen LogP contribution >= 0.6 is 11.6 Å². The van der Waals surface area contributed by atoms with Gasteiger partial charge in [-0.05, 0) is 42.8 Å². The van der Waals surface area contributed by atoms with Crippen LogP contribution in [0, 0.1) is 23.5 Å². The van der Waals surface area contributed by atoms with E-state index < -0.39 is 43.8 Å².